The summed E-state index contributed by atoms with van der Waals surface area (Å²) in [4.78, 5) is 18.1. The number of aromatic nitrogens is 1. The van der Waals surface area contributed by atoms with Crippen molar-refractivity contribution < 1.29 is 18.8 Å². The van der Waals surface area contributed by atoms with Crippen LogP contribution >= 0.6 is 0 Å². The van der Waals surface area contributed by atoms with Gasteiger partial charge in [0.1, 0.15) is 6.61 Å². The fourth-order valence-electron chi connectivity index (χ4n) is 4.34. The Morgan fingerprint density at radius 3 is 2.88 bits per heavy atom. The zero-order chi connectivity index (χ0) is 24.0. The molecule has 1 fully saturated rings. The van der Waals surface area contributed by atoms with Crippen LogP contribution in [-0.2, 0) is 22.4 Å². The van der Waals surface area contributed by atoms with E-state index in [1.54, 1.807) is 10.5 Å². The van der Waals surface area contributed by atoms with E-state index < -0.39 is 17.1 Å². The lowest BCUT2D eigenvalue weighted by atomic mass is 9.89. The van der Waals surface area contributed by atoms with E-state index in [0.29, 0.717) is 25.6 Å². The van der Waals surface area contributed by atoms with E-state index >= 15 is 0 Å². The van der Waals surface area contributed by atoms with Crippen molar-refractivity contribution in [2.24, 2.45) is 5.14 Å². The number of rotatable bonds is 10. The van der Waals surface area contributed by atoms with Crippen molar-refractivity contribution in [1.29, 1.82) is 0 Å². The minimum Gasteiger partial charge on any atom is -0.481 e. The number of carbonyl (C=O) groups is 1. The number of nitrogens with zero attached hydrogens (tertiary/aromatic N) is 3. The number of hydrogen-bond donors (Lipinski definition) is 2. The molecule has 0 saturated carbocycles. The monoisotopic (exact) mass is 474 g/mol. The molecule has 0 radical (unpaired) electrons. The van der Waals surface area contributed by atoms with Crippen LogP contribution in [0.1, 0.15) is 43.7 Å². The molecule has 2 atom stereocenters. The average molecular weight is 475 g/mol. The van der Waals surface area contributed by atoms with E-state index in [9.17, 15) is 14.1 Å². The zero-order valence-electron chi connectivity index (χ0n) is 19.6. The third-order valence-corrected chi connectivity index (χ3v) is 6.98. The summed E-state index contributed by atoms with van der Waals surface area (Å²) >= 11 is -1.43. The number of piperidine rings is 1. The normalized spacial score (nSPS) is 17.9. The molecule has 1 aliphatic heterocycles. The minimum atomic E-state index is -1.43. The molecule has 33 heavy (non-hydrogen) atoms. The van der Waals surface area contributed by atoms with E-state index in [4.69, 9.17) is 9.88 Å². The number of carboxylic acid groups (broad SMARTS) is 1. The van der Waals surface area contributed by atoms with Gasteiger partial charge in [0.15, 0.2) is 11.2 Å². The van der Waals surface area contributed by atoms with Crippen LogP contribution in [0.3, 0.4) is 0 Å². The molecule has 0 spiro atoms. The molecule has 9 heteroatoms. The fourth-order valence-corrected chi connectivity index (χ4v) is 4.97. The Kier molecular flexibility index (Phi) is 8.96. The van der Waals surface area contributed by atoms with Gasteiger partial charge in [-0.25, -0.2) is 18.6 Å². The van der Waals surface area contributed by atoms with Crippen LogP contribution in [0.5, 0.6) is 5.88 Å². The third-order valence-electron chi connectivity index (χ3n) is 6.14. The molecule has 3 N–H and O–H groups in total. The summed E-state index contributed by atoms with van der Waals surface area (Å²) in [6, 6.07) is 9.94. The second-order valence-corrected chi connectivity index (χ2v) is 9.84. The molecule has 8 nitrogen and oxygen atoms in total. The van der Waals surface area contributed by atoms with E-state index in [1.807, 2.05) is 37.4 Å². The van der Waals surface area contributed by atoms with Gasteiger partial charge in [-0.2, -0.15) is 0 Å². The molecular weight excluding hydrogens is 440 g/mol. The Balaban J connectivity index is 1.68. The third kappa shape index (κ3) is 6.83. The highest BCUT2D eigenvalue weighted by Crippen LogP contribution is 2.32. The summed E-state index contributed by atoms with van der Waals surface area (Å²) in [6.07, 6.45) is 3.67. The maximum Gasteiger partial charge on any atom is 0.307 e. The summed E-state index contributed by atoms with van der Waals surface area (Å²) in [7, 11) is 2.04. The maximum atomic E-state index is 11.6. The molecule has 180 valence electrons. The van der Waals surface area contributed by atoms with Crippen LogP contribution in [0.25, 0.3) is 11.1 Å². The van der Waals surface area contributed by atoms with E-state index in [1.165, 1.54) is 0 Å². The number of benzene rings is 1. The van der Waals surface area contributed by atoms with Crippen molar-refractivity contribution >= 4 is 17.1 Å². The summed E-state index contributed by atoms with van der Waals surface area (Å²) in [5.74, 6) is -0.122. The van der Waals surface area contributed by atoms with Gasteiger partial charge >= 0.3 is 5.97 Å². The van der Waals surface area contributed by atoms with Gasteiger partial charge in [0, 0.05) is 37.9 Å². The van der Waals surface area contributed by atoms with Crippen LogP contribution in [0.4, 0.5) is 0 Å². The molecule has 1 saturated heterocycles. The van der Waals surface area contributed by atoms with E-state index in [2.05, 4.69) is 23.7 Å². The average Bonchev–Trinajstić information content (AvgIpc) is 2.79. The number of ether oxygens (including phenoxy) is 1. The standard InChI is InChI=1S/C24H34N4O4S/c1-17(2)20-7-4-8-21(22(20)15-24(29)30)18-9-10-26-23(14-18)32-13-12-27(3)19-6-5-11-28(16-19)33(25)31/h4,7-10,14,17,19H,5-6,11-13,15-16,25H2,1-3H3,(H,29,30). The lowest BCUT2D eigenvalue weighted by Gasteiger charge is -2.35. The van der Waals surface area contributed by atoms with E-state index in [-0.39, 0.29) is 18.4 Å². The quantitative estimate of drug-likeness (QED) is 0.548. The molecule has 0 aliphatic carbocycles. The Labute approximate surface area is 198 Å². The van der Waals surface area contributed by atoms with Crippen LogP contribution in [0.15, 0.2) is 36.5 Å². The fraction of sp³-hybridized carbons (Fsp3) is 0.500. The first kappa shape index (κ1) is 25.3. The Bertz CT molecular complexity index is 985. The topological polar surface area (TPSA) is 109 Å². The van der Waals surface area contributed by atoms with Crippen molar-refractivity contribution in [3.05, 3.63) is 47.7 Å². The smallest absolute Gasteiger partial charge is 0.307 e. The first-order chi connectivity index (χ1) is 15.8. The minimum absolute atomic E-state index is 0.0288. The summed E-state index contributed by atoms with van der Waals surface area (Å²) in [5, 5.41) is 15.0. The van der Waals surface area contributed by atoms with Gasteiger partial charge in [0.2, 0.25) is 5.88 Å². The Hall–Kier alpha value is -2.33. The van der Waals surface area contributed by atoms with Gasteiger partial charge in [-0.05, 0) is 54.1 Å². The Morgan fingerprint density at radius 1 is 1.39 bits per heavy atom. The highest BCUT2D eigenvalue weighted by Gasteiger charge is 2.25. The first-order valence-corrected chi connectivity index (χ1v) is 12.5. The van der Waals surface area contributed by atoms with Crippen molar-refractivity contribution in [2.45, 2.75) is 45.1 Å². The largest absolute Gasteiger partial charge is 0.481 e. The van der Waals surface area contributed by atoms with Gasteiger partial charge in [-0.1, -0.05) is 32.0 Å². The van der Waals surface area contributed by atoms with Gasteiger partial charge in [-0.3, -0.25) is 9.69 Å². The van der Waals surface area contributed by atoms with Crippen molar-refractivity contribution in [2.75, 3.05) is 33.3 Å². The number of aliphatic carboxylic acids is 1. The van der Waals surface area contributed by atoms with Crippen molar-refractivity contribution in [1.82, 2.24) is 14.2 Å². The predicted octanol–water partition coefficient (Wildman–Crippen LogP) is 2.81. The lowest BCUT2D eigenvalue weighted by Crippen LogP contribution is -2.49. The highest BCUT2D eigenvalue weighted by atomic mass is 32.2. The number of pyridine rings is 1. The van der Waals surface area contributed by atoms with Crippen LogP contribution in [0, 0.1) is 0 Å². The van der Waals surface area contributed by atoms with Gasteiger partial charge in [0.25, 0.3) is 0 Å². The molecule has 1 aromatic carbocycles. The molecule has 1 aromatic heterocycles. The van der Waals surface area contributed by atoms with Gasteiger partial charge in [0.05, 0.1) is 6.42 Å². The second-order valence-electron chi connectivity index (χ2n) is 8.77. The summed E-state index contributed by atoms with van der Waals surface area (Å²) in [5.41, 5.74) is 3.65. The van der Waals surface area contributed by atoms with Gasteiger partial charge in [-0.15, -0.1) is 0 Å². The van der Waals surface area contributed by atoms with Crippen molar-refractivity contribution in [3.8, 4) is 17.0 Å². The maximum absolute atomic E-state index is 11.6. The molecular formula is C24H34N4O4S. The number of likely N-dealkylation sites (N-methyl/N-ethyl adjacent to an activating group) is 1. The summed E-state index contributed by atoms with van der Waals surface area (Å²) < 4.78 is 19.3. The van der Waals surface area contributed by atoms with Gasteiger partial charge < -0.3 is 9.84 Å². The zero-order valence-corrected chi connectivity index (χ0v) is 20.4. The van der Waals surface area contributed by atoms with Crippen LogP contribution < -0.4 is 9.88 Å². The van der Waals surface area contributed by atoms with E-state index in [0.717, 1.165) is 41.6 Å². The SMILES string of the molecule is CC(C)c1cccc(-c2ccnc(OCCN(C)C3CCCN(S(N)=O)C3)c2)c1CC(=O)O. The molecule has 2 aromatic rings. The molecule has 3 rings (SSSR count). The summed E-state index contributed by atoms with van der Waals surface area (Å²) in [6.45, 7) is 6.75. The van der Waals surface area contributed by atoms with Crippen LogP contribution in [-0.4, -0.2) is 68.8 Å². The molecule has 2 unspecified atom stereocenters. The number of carboxylic acids is 1. The molecule has 1 aliphatic rings. The predicted molar refractivity (Wildman–Crippen MR) is 130 cm³/mol. The highest BCUT2D eigenvalue weighted by molar-refractivity contribution is 7.80. The van der Waals surface area contributed by atoms with Crippen molar-refractivity contribution in [3.63, 3.8) is 0 Å². The Morgan fingerprint density at radius 2 is 2.18 bits per heavy atom. The number of nitrogens with two attached hydrogens (primary N) is 1. The molecule has 2 heterocycles. The first-order valence-electron chi connectivity index (χ1n) is 11.3. The second kappa shape index (κ2) is 11.7. The molecule has 0 amide bonds. The lowest BCUT2D eigenvalue weighted by molar-refractivity contribution is -0.136. The number of hydrogen-bond acceptors (Lipinski definition) is 5. The molecule has 0 bridgehead atoms. The van der Waals surface area contributed by atoms with Crippen LogP contribution in [0.2, 0.25) is 0 Å².